The minimum absolute atomic E-state index is 0.0364. The summed E-state index contributed by atoms with van der Waals surface area (Å²) in [5, 5.41) is 6.91. The van der Waals surface area contributed by atoms with Gasteiger partial charge in [-0.2, -0.15) is 0 Å². The Labute approximate surface area is 164 Å². The van der Waals surface area contributed by atoms with Crippen molar-refractivity contribution < 1.29 is 23.9 Å². The lowest BCUT2D eigenvalue weighted by Gasteiger charge is -2.37. The van der Waals surface area contributed by atoms with Crippen LogP contribution in [0, 0.1) is 0 Å². The Morgan fingerprint density at radius 3 is 2.68 bits per heavy atom. The van der Waals surface area contributed by atoms with Crippen molar-refractivity contribution in [2.45, 2.75) is 31.4 Å². The number of carbonyl (C=O) groups excluding carboxylic acids is 2. The maximum Gasteiger partial charge on any atom is 0.269 e. The Balaban J connectivity index is 1.41. The number of nitrogens with zero attached hydrogens (tertiary/aromatic N) is 2. The molecule has 0 atom stereocenters. The molecule has 2 heterocycles. The zero-order chi connectivity index (χ0) is 19.8. The van der Waals surface area contributed by atoms with Gasteiger partial charge in [-0.05, 0) is 5.56 Å². The Morgan fingerprint density at radius 1 is 1.21 bits per heavy atom. The van der Waals surface area contributed by atoms with Crippen LogP contribution in [0.1, 0.15) is 24.8 Å². The fraction of sp³-hybridized carbons (Fsp3) is 0.550. The summed E-state index contributed by atoms with van der Waals surface area (Å²) in [4.78, 5) is 32.0. The molecule has 2 amide bonds. The SMILES string of the molecule is COCCOCC(=O)N1CCC2(CC1)CC(C(=O)NCc1ccccc1)=NO2. The van der Waals surface area contributed by atoms with Crippen molar-refractivity contribution in [2.75, 3.05) is 40.0 Å². The molecule has 8 heteroatoms. The second-order valence-electron chi connectivity index (χ2n) is 7.08. The van der Waals surface area contributed by atoms with Gasteiger partial charge in [-0.15, -0.1) is 0 Å². The molecule has 8 nitrogen and oxygen atoms in total. The number of rotatable bonds is 8. The summed E-state index contributed by atoms with van der Waals surface area (Å²) in [6.45, 7) is 2.52. The molecule has 2 aliphatic rings. The van der Waals surface area contributed by atoms with Gasteiger partial charge in [0.2, 0.25) is 5.91 Å². The van der Waals surface area contributed by atoms with Crippen LogP contribution >= 0.6 is 0 Å². The highest BCUT2D eigenvalue weighted by Crippen LogP contribution is 2.34. The Kier molecular flexibility index (Phi) is 7.00. The van der Waals surface area contributed by atoms with Crippen molar-refractivity contribution >= 4 is 17.5 Å². The van der Waals surface area contributed by atoms with E-state index in [1.165, 1.54) is 0 Å². The van der Waals surface area contributed by atoms with Crippen LogP contribution < -0.4 is 5.32 Å². The van der Waals surface area contributed by atoms with E-state index in [4.69, 9.17) is 14.3 Å². The van der Waals surface area contributed by atoms with Crippen LogP contribution in [0.4, 0.5) is 0 Å². The molecular formula is C20H27N3O5. The van der Waals surface area contributed by atoms with E-state index in [9.17, 15) is 9.59 Å². The molecule has 1 aromatic rings. The number of hydrogen-bond acceptors (Lipinski definition) is 6. The normalized spacial score (nSPS) is 17.9. The van der Waals surface area contributed by atoms with Gasteiger partial charge in [0.1, 0.15) is 17.9 Å². The molecule has 3 rings (SSSR count). The van der Waals surface area contributed by atoms with Gasteiger partial charge in [-0.1, -0.05) is 35.5 Å². The Morgan fingerprint density at radius 2 is 1.96 bits per heavy atom. The monoisotopic (exact) mass is 389 g/mol. The van der Waals surface area contributed by atoms with Crippen LogP contribution in [0.3, 0.4) is 0 Å². The molecule has 0 bridgehead atoms. The summed E-state index contributed by atoms with van der Waals surface area (Å²) >= 11 is 0. The van der Waals surface area contributed by atoms with E-state index < -0.39 is 5.60 Å². The van der Waals surface area contributed by atoms with Crippen LogP contribution in [0.25, 0.3) is 0 Å². The lowest BCUT2D eigenvalue weighted by Crippen LogP contribution is -2.48. The summed E-state index contributed by atoms with van der Waals surface area (Å²) < 4.78 is 10.2. The third-order valence-corrected chi connectivity index (χ3v) is 5.08. The van der Waals surface area contributed by atoms with Gasteiger partial charge >= 0.3 is 0 Å². The topological polar surface area (TPSA) is 89.5 Å². The molecule has 1 saturated heterocycles. The molecule has 0 radical (unpaired) electrons. The number of oxime groups is 1. The number of methoxy groups -OCH3 is 1. The molecule has 152 valence electrons. The Bertz CT molecular complexity index is 699. The van der Waals surface area contributed by atoms with Gasteiger partial charge in [-0.25, -0.2) is 0 Å². The van der Waals surface area contributed by atoms with Crippen molar-refractivity contribution in [2.24, 2.45) is 5.16 Å². The highest BCUT2D eigenvalue weighted by Gasteiger charge is 2.44. The second kappa shape index (κ2) is 9.66. The van der Waals surface area contributed by atoms with E-state index in [-0.39, 0.29) is 18.4 Å². The summed E-state index contributed by atoms with van der Waals surface area (Å²) in [6, 6.07) is 9.72. The predicted molar refractivity (Wildman–Crippen MR) is 103 cm³/mol. The summed E-state index contributed by atoms with van der Waals surface area (Å²) in [6.07, 6.45) is 1.77. The first-order chi connectivity index (χ1) is 13.6. The molecule has 1 fully saturated rings. The van der Waals surface area contributed by atoms with Crippen LogP contribution in [-0.2, 0) is 30.4 Å². The van der Waals surface area contributed by atoms with Crippen molar-refractivity contribution in [1.29, 1.82) is 0 Å². The van der Waals surface area contributed by atoms with Crippen LogP contribution in [0.15, 0.2) is 35.5 Å². The third kappa shape index (κ3) is 5.30. The summed E-state index contributed by atoms with van der Waals surface area (Å²) in [5.74, 6) is -0.239. The van der Waals surface area contributed by atoms with Crippen molar-refractivity contribution in [3.8, 4) is 0 Å². The largest absolute Gasteiger partial charge is 0.388 e. The first-order valence-electron chi connectivity index (χ1n) is 9.53. The average molecular weight is 389 g/mol. The molecule has 1 N–H and O–H groups in total. The number of carbonyl (C=O) groups is 2. The minimum Gasteiger partial charge on any atom is -0.388 e. The number of hydrogen-bond donors (Lipinski definition) is 1. The quantitative estimate of drug-likeness (QED) is 0.673. The van der Waals surface area contributed by atoms with E-state index in [1.807, 2.05) is 30.3 Å². The second-order valence-corrected chi connectivity index (χ2v) is 7.08. The first kappa shape index (κ1) is 20.3. The molecule has 1 aromatic carbocycles. The number of benzene rings is 1. The summed E-state index contributed by atoms with van der Waals surface area (Å²) in [5.41, 5.74) is 0.968. The lowest BCUT2D eigenvalue weighted by molar-refractivity contribution is -0.142. The standard InChI is InChI=1S/C20H27N3O5/c1-26-11-12-27-15-18(24)23-9-7-20(8-10-23)13-17(22-28-20)19(25)21-14-16-5-3-2-4-6-16/h2-6H,7-15H2,1H3,(H,21,25). The Hall–Kier alpha value is -2.45. The maximum atomic E-state index is 12.4. The van der Waals surface area contributed by atoms with E-state index >= 15 is 0 Å². The van der Waals surface area contributed by atoms with Crippen LogP contribution in [0.5, 0.6) is 0 Å². The maximum absolute atomic E-state index is 12.4. The lowest BCUT2D eigenvalue weighted by atomic mass is 9.86. The van der Waals surface area contributed by atoms with Gasteiger partial charge in [0, 0.05) is 46.0 Å². The van der Waals surface area contributed by atoms with E-state index in [0.29, 0.717) is 57.8 Å². The number of amides is 2. The number of ether oxygens (including phenoxy) is 2. The molecule has 0 aromatic heterocycles. The average Bonchev–Trinajstić information content (AvgIpc) is 3.14. The number of nitrogens with one attached hydrogen (secondary N) is 1. The molecule has 0 saturated carbocycles. The van der Waals surface area contributed by atoms with Gasteiger partial charge in [0.05, 0.1) is 13.2 Å². The molecule has 2 aliphatic heterocycles. The van der Waals surface area contributed by atoms with Gasteiger partial charge in [0.15, 0.2) is 0 Å². The van der Waals surface area contributed by atoms with Crippen LogP contribution in [0.2, 0.25) is 0 Å². The minimum atomic E-state index is -0.479. The van der Waals surface area contributed by atoms with E-state index in [1.54, 1.807) is 12.0 Å². The van der Waals surface area contributed by atoms with E-state index in [2.05, 4.69) is 10.5 Å². The van der Waals surface area contributed by atoms with Crippen molar-refractivity contribution in [1.82, 2.24) is 10.2 Å². The molecule has 0 aliphatic carbocycles. The van der Waals surface area contributed by atoms with Gasteiger partial charge in [0.25, 0.3) is 5.91 Å². The fourth-order valence-electron chi connectivity index (χ4n) is 3.35. The van der Waals surface area contributed by atoms with Crippen molar-refractivity contribution in [3.63, 3.8) is 0 Å². The van der Waals surface area contributed by atoms with Gasteiger partial charge in [-0.3, -0.25) is 9.59 Å². The smallest absolute Gasteiger partial charge is 0.269 e. The first-order valence-corrected chi connectivity index (χ1v) is 9.53. The molecular weight excluding hydrogens is 362 g/mol. The zero-order valence-electron chi connectivity index (χ0n) is 16.2. The molecule has 28 heavy (non-hydrogen) atoms. The number of piperidine rings is 1. The fourth-order valence-corrected chi connectivity index (χ4v) is 3.35. The van der Waals surface area contributed by atoms with Gasteiger partial charge < -0.3 is 24.5 Å². The summed E-state index contributed by atoms with van der Waals surface area (Å²) in [7, 11) is 1.59. The number of likely N-dealkylation sites (tertiary alicyclic amines) is 1. The highest BCUT2D eigenvalue weighted by atomic mass is 16.7. The predicted octanol–water partition coefficient (Wildman–Crippen LogP) is 1.10. The van der Waals surface area contributed by atoms with Crippen molar-refractivity contribution in [3.05, 3.63) is 35.9 Å². The molecule has 1 spiro atoms. The zero-order valence-corrected chi connectivity index (χ0v) is 16.2. The third-order valence-electron chi connectivity index (χ3n) is 5.08. The van der Waals surface area contributed by atoms with E-state index in [0.717, 1.165) is 5.56 Å². The molecule has 0 unspecified atom stereocenters. The van der Waals surface area contributed by atoms with Crippen LogP contribution in [-0.4, -0.2) is 68.0 Å². The highest BCUT2D eigenvalue weighted by molar-refractivity contribution is 6.39.